The van der Waals surface area contributed by atoms with E-state index in [4.69, 9.17) is 11.6 Å². The van der Waals surface area contributed by atoms with Crippen molar-refractivity contribution < 1.29 is 13.2 Å². The second-order valence-corrected chi connectivity index (χ2v) is 6.00. The maximum Gasteiger partial charge on any atom is 0.417 e. The van der Waals surface area contributed by atoms with Crippen LogP contribution in [-0.2, 0) is 6.18 Å². The number of nitrogens with zero attached hydrogens (tertiary/aromatic N) is 1. The van der Waals surface area contributed by atoms with E-state index in [9.17, 15) is 13.2 Å². The Labute approximate surface area is 119 Å². The Kier molecular flexibility index (Phi) is 4.97. The summed E-state index contributed by atoms with van der Waals surface area (Å²) in [7, 11) is 0. The van der Waals surface area contributed by atoms with Gasteiger partial charge in [0, 0.05) is 18.5 Å². The van der Waals surface area contributed by atoms with Crippen LogP contribution >= 0.6 is 23.4 Å². The van der Waals surface area contributed by atoms with Crippen molar-refractivity contribution in [3.8, 4) is 0 Å². The van der Waals surface area contributed by atoms with Gasteiger partial charge in [-0.15, -0.1) is 11.8 Å². The van der Waals surface area contributed by atoms with Crippen LogP contribution in [0.5, 0.6) is 0 Å². The first-order valence-electron chi connectivity index (χ1n) is 6.03. The van der Waals surface area contributed by atoms with Crippen LogP contribution in [-0.4, -0.2) is 23.8 Å². The second-order valence-electron chi connectivity index (χ2n) is 4.50. The molecule has 1 heterocycles. The molecule has 0 aliphatic heterocycles. The van der Waals surface area contributed by atoms with E-state index < -0.39 is 11.7 Å². The maximum absolute atomic E-state index is 12.4. The normalized spacial score (nSPS) is 15.8. The highest BCUT2D eigenvalue weighted by Crippen LogP contribution is 2.33. The van der Waals surface area contributed by atoms with Crippen LogP contribution in [0.3, 0.4) is 0 Å². The van der Waals surface area contributed by atoms with Gasteiger partial charge in [0.25, 0.3) is 0 Å². The van der Waals surface area contributed by atoms with Gasteiger partial charge in [-0.1, -0.05) is 11.6 Å². The van der Waals surface area contributed by atoms with Crippen LogP contribution in [0.4, 0.5) is 13.2 Å². The third kappa shape index (κ3) is 4.85. The number of thioether (sulfide) groups is 1. The van der Waals surface area contributed by atoms with Crippen LogP contribution < -0.4 is 5.32 Å². The van der Waals surface area contributed by atoms with Crippen molar-refractivity contribution in [3.63, 3.8) is 0 Å². The van der Waals surface area contributed by atoms with Gasteiger partial charge in [-0.25, -0.2) is 4.98 Å². The summed E-state index contributed by atoms with van der Waals surface area (Å²) in [6.07, 6.45) is -0.976. The zero-order valence-electron chi connectivity index (χ0n) is 10.1. The van der Waals surface area contributed by atoms with Crippen LogP contribution in [0.1, 0.15) is 18.4 Å². The Morgan fingerprint density at radius 3 is 2.74 bits per heavy atom. The van der Waals surface area contributed by atoms with Crippen LogP contribution in [0.25, 0.3) is 0 Å². The number of halogens is 4. The summed E-state index contributed by atoms with van der Waals surface area (Å²) in [5.74, 6) is 1.56. The lowest BCUT2D eigenvalue weighted by atomic mass is 10.3. The van der Waals surface area contributed by atoms with Crippen molar-refractivity contribution in [2.45, 2.75) is 24.0 Å². The van der Waals surface area contributed by atoms with E-state index in [-0.39, 0.29) is 5.02 Å². The van der Waals surface area contributed by atoms with Crippen molar-refractivity contribution in [3.05, 3.63) is 22.8 Å². The average molecular weight is 311 g/mol. The summed E-state index contributed by atoms with van der Waals surface area (Å²) in [5.41, 5.74) is -0.811. The number of alkyl halides is 3. The molecule has 1 saturated carbocycles. The molecule has 0 spiro atoms. The fourth-order valence-electron chi connectivity index (χ4n) is 1.53. The summed E-state index contributed by atoms with van der Waals surface area (Å²) in [4.78, 5) is 3.77. The van der Waals surface area contributed by atoms with Crippen LogP contribution in [0.15, 0.2) is 17.3 Å². The minimum Gasteiger partial charge on any atom is -0.316 e. The first-order chi connectivity index (χ1) is 8.97. The van der Waals surface area contributed by atoms with Crippen molar-refractivity contribution in [1.29, 1.82) is 0 Å². The molecule has 0 unspecified atom stereocenters. The van der Waals surface area contributed by atoms with Crippen LogP contribution in [0.2, 0.25) is 5.02 Å². The lowest BCUT2D eigenvalue weighted by Gasteiger charge is -2.09. The molecule has 1 aliphatic rings. The third-order valence-corrected chi connectivity index (χ3v) is 4.19. The maximum atomic E-state index is 12.4. The number of aromatic nitrogens is 1. The Morgan fingerprint density at radius 1 is 1.42 bits per heavy atom. The predicted molar refractivity (Wildman–Crippen MR) is 70.6 cm³/mol. The minimum absolute atomic E-state index is 0.0574. The lowest BCUT2D eigenvalue weighted by Crippen LogP contribution is -2.19. The van der Waals surface area contributed by atoms with Crippen molar-refractivity contribution in [2.75, 3.05) is 18.8 Å². The van der Waals surface area contributed by atoms with E-state index in [1.54, 1.807) is 0 Å². The van der Waals surface area contributed by atoms with E-state index in [0.717, 1.165) is 37.0 Å². The van der Waals surface area contributed by atoms with E-state index in [1.807, 2.05) is 0 Å². The monoisotopic (exact) mass is 310 g/mol. The topological polar surface area (TPSA) is 24.9 Å². The summed E-state index contributed by atoms with van der Waals surface area (Å²) in [5, 5.41) is 3.81. The molecule has 7 heteroatoms. The zero-order chi connectivity index (χ0) is 13.9. The molecule has 2 nitrogen and oxygen atoms in total. The largest absolute Gasteiger partial charge is 0.417 e. The standard InChI is InChI=1S/C12H14ClF3N2S/c13-10-5-9(12(14,15)16)7-18-11(10)19-4-3-17-6-8-1-2-8/h5,7-8,17H,1-4,6H2. The molecule has 1 fully saturated rings. The van der Waals surface area contributed by atoms with Crippen LogP contribution in [0, 0.1) is 5.92 Å². The summed E-state index contributed by atoms with van der Waals surface area (Å²) in [6, 6.07) is 0.925. The van der Waals surface area contributed by atoms with Crippen molar-refractivity contribution in [2.24, 2.45) is 5.92 Å². The third-order valence-electron chi connectivity index (χ3n) is 2.78. The number of hydrogen-bond acceptors (Lipinski definition) is 3. The molecule has 1 N–H and O–H groups in total. The molecule has 0 radical (unpaired) electrons. The molecule has 2 rings (SSSR count). The highest BCUT2D eigenvalue weighted by molar-refractivity contribution is 7.99. The molecule has 1 aromatic rings. The lowest BCUT2D eigenvalue weighted by molar-refractivity contribution is -0.137. The predicted octanol–water partition coefficient (Wildman–Crippen LogP) is 3.85. The van der Waals surface area contributed by atoms with E-state index in [1.165, 1.54) is 24.6 Å². The Balaban J connectivity index is 1.79. The van der Waals surface area contributed by atoms with Gasteiger partial charge in [0.15, 0.2) is 0 Å². The van der Waals surface area contributed by atoms with E-state index >= 15 is 0 Å². The molecule has 1 aromatic heterocycles. The SMILES string of the molecule is FC(F)(F)c1cnc(SCCNCC2CC2)c(Cl)c1. The van der Waals surface area contributed by atoms with Gasteiger partial charge in [-0.2, -0.15) is 13.2 Å². The first kappa shape index (κ1) is 14.9. The number of rotatable bonds is 6. The Bertz CT molecular complexity index is 435. The molecular weight excluding hydrogens is 297 g/mol. The quantitative estimate of drug-likeness (QED) is 0.638. The first-order valence-corrected chi connectivity index (χ1v) is 7.39. The van der Waals surface area contributed by atoms with Gasteiger partial charge >= 0.3 is 6.18 Å². The number of pyridine rings is 1. The van der Waals surface area contributed by atoms with Gasteiger partial charge in [0.2, 0.25) is 0 Å². The zero-order valence-corrected chi connectivity index (χ0v) is 11.7. The fraction of sp³-hybridized carbons (Fsp3) is 0.583. The molecule has 106 valence electrons. The van der Waals surface area contributed by atoms with Gasteiger partial charge in [0.05, 0.1) is 10.6 Å². The smallest absolute Gasteiger partial charge is 0.316 e. The molecule has 0 aromatic carbocycles. The Morgan fingerprint density at radius 2 is 2.16 bits per heavy atom. The van der Waals surface area contributed by atoms with Crippen molar-refractivity contribution in [1.82, 2.24) is 10.3 Å². The highest BCUT2D eigenvalue weighted by atomic mass is 35.5. The number of hydrogen-bond donors (Lipinski definition) is 1. The minimum atomic E-state index is -4.40. The Hall–Kier alpha value is -0.460. The molecule has 0 amide bonds. The molecule has 0 atom stereocenters. The fourth-order valence-corrected chi connectivity index (χ4v) is 2.63. The number of nitrogens with one attached hydrogen (secondary N) is 1. The van der Waals surface area contributed by atoms with E-state index in [0.29, 0.717) is 5.03 Å². The second kappa shape index (κ2) is 6.33. The molecule has 1 aliphatic carbocycles. The molecule has 19 heavy (non-hydrogen) atoms. The van der Waals surface area contributed by atoms with Gasteiger partial charge in [-0.05, 0) is 31.4 Å². The highest BCUT2D eigenvalue weighted by Gasteiger charge is 2.31. The summed E-state index contributed by atoms with van der Waals surface area (Å²) < 4.78 is 37.3. The van der Waals surface area contributed by atoms with Gasteiger partial charge in [-0.3, -0.25) is 0 Å². The van der Waals surface area contributed by atoms with Gasteiger partial charge in [0.1, 0.15) is 5.03 Å². The summed E-state index contributed by atoms with van der Waals surface area (Å²) in [6.45, 7) is 1.83. The van der Waals surface area contributed by atoms with Crippen molar-refractivity contribution >= 4 is 23.4 Å². The average Bonchev–Trinajstić information content (AvgIpc) is 3.13. The van der Waals surface area contributed by atoms with Gasteiger partial charge < -0.3 is 5.32 Å². The molecule has 0 bridgehead atoms. The molecular formula is C12H14ClF3N2S. The summed E-state index contributed by atoms with van der Waals surface area (Å²) >= 11 is 7.17. The molecule has 0 saturated heterocycles. The van der Waals surface area contributed by atoms with E-state index in [2.05, 4.69) is 10.3 Å².